The Morgan fingerprint density at radius 1 is 1.00 bits per heavy atom. The van der Waals surface area contributed by atoms with Crippen LogP contribution in [0.4, 0.5) is 5.69 Å². The zero-order valence-corrected chi connectivity index (χ0v) is 17.9. The topological polar surface area (TPSA) is 95.7 Å². The zero-order valence-electron chi connectivity index (χ0n) is 17.1. The highest BCUT2D eigenvalue weighted by atomic mass is 32.2. The first-order valence-corrected chi connectivity index (χ1v) is 11.6. The quantitative estimate of drug-likeness (QED) is 0.493. The van der Waals surface area contributed by atoms with Crippen LogP contribution in [0, 0.1) is 11.3 Å². The van der Waals surface area contributed by atoms with E-state index in [2.05, 4.69) is 21.4 Å². The number of hydrogen-bond donors (Lipinski definition) is 1. The summed E-state index contributed by atoms with van der Waals surface area (Å²) in [6.07, 6.45) is 5.68. The summed E-state index contributed by atoms with van der Waals surface area (Å²) in [5.74, 6) is 0. The van der Waals surface area contributed by atoms with Crippen molar-refractivity contribution in [2.45, 2.75) is 17.9 Å². The predicted molar refractivity (Wildman–Crippen MR) is 121 cm³/mol. The van der Waals surface area contributed by atoms with Gasteiger partial charge in [0.25, 0.3) is 0 Å². The van der Waals surface area contributed by atoms with E-state index in [0.717, 1.165) is 28.3 Å². The minimum absolute atomic E-state index is 0.0298. The summed E-state index contributed by atoms with van der Waals surface area (Å²) < 4.78 is 23.9. The molecule has 154 valence electrons. The van der Waals surface area contributed by atoms with Gasteiger partial charge >= 0.3 is 0 Å². The molecule has 0 amide bonds. The first kappa shape index (κ1) is 20.5. The van der Waals surface area contributed by atoms with E-state index < -0.39 is 9.84 Å². The average molecular weight is 429 g/mol. The molecule has 0 aliphatic heterocycles. The Labute approximate surface area is 181 Å². The second-order valence-electron chi connectivity index (χ2n) is 7.35. The molecule has 4 rings (SSSR count). The Morgan fingerprint density at radius 3 is 2.48 bits per heavy atom. The average Bonchev–Trinajstić information content (AvgIpc) is 2.79. The van der Waals surface area contributed by atoms with Crippen molar-refractivity contribution in [2.75, 3.05) is 11.6 Å². The van der Waals surface area contributed by atoms with Crippen LogP contribution in [-0.2, 0) is 9.84 Å². The van der Waals surface area contributed by atoms with Gasteiger partial charge in [0.1, 0.15) is 6.07 Å². The lowest BCUT2D eigenvalue weighted by Gasteiger charge is -2.18. The van der Waals surface area contributed by atoms with Crippen LogP contribution in [0.1, 0.15) is 24.1 Å². The first-order chi connectivity index (χ1) is 14.9. The van der Waals surface area contributed by atoms with E-state index in [0.29, 0.717) is 16.8 Å². The van der Waals surface area contributed by atoms with Crippen molar-refractivity contribution in [1.82, 2.24) is 9.97 Å². The Balaban J connectivity index is 1.84. The van der Waals surface area contributed by atoms with Crippen LogP contribution in [0.15, 0.2) is 78.1 Å². The van der Waals surface area contributed by atoms with Gasteiger partial charge in [-0.3, -0.25) is 9.97 Å². The van der Waals surface area contributed by atoms with Crippen molar-refractivity contribution in [3.63, 3.8) is 0 Å². The second kappa shape index (κ2) is 8.17. The van der Waals surface area contributed by atoms with Crippen molar-refractivity contribution in [2.24, 2.45) is 0 Å². The molecule has 6 nitrogen and oxygen atoms in total. The van der Waals surface area contributed by atoms with Gasteiger partial charge in [0.15, 0.2) is 9.84 Å². The molecule has 2 heterocycles. The summed E-state index contributed by atoms with van der Waals surface area (Å²) in [6.45, 7) is 2.03. The third kappa shape index (κ3) is 4.25. The van der Waals surface area contributed by atoms with Crippen LogP contribution in [0.3, 0.4) is 0 Å². The number of nitrogens with zero attached hydrogens (tertiary/aromatic N) is 3. The molecule has 2 aromatic heterocycles. The predicted octanol–water partition coefficient (Wildman–Crippen LogP) is 4.75. The fourth-order valence-electron chi connectivity index (χ4n) is 3.43. The summed E-state index contributed by atoms with van der Waals surface area (Å²) in [5.41, 5.74) is 4.43. The molecule has 7 heteroatoms. The third-order valence-corrected chi connectivity index (χ3v) is 6.20. The molecule has 0 saturated carbocycles. The number of fused-ring (bicyclic) bond motifs is 1. The molecule has 1 unspecified atom stereocenters. The molecule has 0 aliphatic carbocycles. The number of pyridine rings is 2. The fraction of sp³-hybridized carbons (Fsp3) is 0.125. The molecule has 31 heavy (non-hydrogen) atoms. The van der Waals surface area contributed by atoms with Gasteiger partial charge in [-0.25, -0.2) is 8.42 Å². The van der Waals surface area contributed by atoms with Crippen LogP contribution in [0.5, 0.6) is 0 Å². The lowest BCUT2D eigenvalue weighted by molar-refractivity contribution is 0.601. The van der Waals surface area contributed by atoms with Crippen LogP contribution in [0.25, 0.3) is 22.0 Å². The summed E-state index contributed by atoms with van der Waals surface area (Å²) >= 11 is 0. The van der Waals surface area contributed by atoms with Gasteiger partial charge in [0.05, 0.1) is 21.7 Å². The molecule has 4 aromatic rings. The zero-order chi connectivity index (χ0) is 22.0. The Hall–Kier alpha value is -3.76. The number of anilines is 1. The summed E-state index contributed by atoms with van der Waals surface area (Å²) in [7, 11) is -3.37. The second-order valence-corrected chi connectivity index (χ2v) is 9.36. The van der Waals surface area contributed by atoms with Gasteiger partial charge in [-0.2, -0.15) is 5.26 Å². The molecule has 0 spiro atoms. The SMILES string of the molecule is CC(Nc1c(C#N)cnc2ccc(-c3cncc(S(C)(=O)=O)c3)cc12)c1ccccc1. The summed E-state index contributed by atoms with van der Waals surface area (Å²) in [5, 5.41) is 13.9. The highest BCUT2D eigenvalue weighted by Gasteiger charge is 2.15. The highest BCUT2D eigenvalue weighted by molar-refractivity contribution is 7.90. The van der Waals surface area contributed by atoms with E-state index in [9.17, 15) is 13.7 Å². The molecule has 1 atom stereocenters. The Bertz CT molecular complexity index is 1410. The molecule has 0 saturated heterocycles. The number of nitrogens with one attached hydrogen (secondary N) is 1. The monoisotopic (exact) mass is 428 g/mol. The van der Waals surface area contributed by atoms with E-state index >= 15 is 0 Å². The molecule has 0 bridgehead atoms. The number of aromatic nitrogens is 2. The van der Waals surface area contributed by atoms with E-state index in [1.54, 1.807) is 18.5 Å². The first-order valence-electron chi connectivity index (χ1n) is 9.66. The van der Waals surface area contributed by atoms with E-state index in [-0.39, 0.29) is 10.9 Å². The summed E-state index contributed by atoms with van der Waals surface area (Å²) in [6, 6.07) is 19.4. The van der Waals surface area contributed by atoms with Crippen molar-refractivity contribution in [3.05, 3.63) is 84.3 Å². The van der Waals surface area contributed by atoms with Crippen LogP contribution >= 0.6 is 0 Å². The minimum atomic E-state index is -3.37. The van der Waals surface area contributed by atoms with E-state index in [1.165, 1.54) is 6.20 Å². The maximum Gasteiger partial charge on any atom is 0.177 e. The highest BCUT2D eigenvalue weighted by Crippen LogP contribution is 2.33. The molecule has 0 radical (unpaired) electrons. The number of rotatable bonds is 5. The maximum atomic E-state index is 11.9. The molecule has 0 aliphatic rings. The molecular weight excluding hydrogens is 408 g/mol. The lowest BCUT2D eigenvalue weighted by atomic mass is 10.0. The van der Waals surface area contributed by atoms with Crippen molar-refractivity contribution >= 4 is 26.4 Å². The molecule has 1 N–H and O–H groups in total. The van der Waals surface area contributed by atoms with Gasteiger partial charge < -0.3 is 5.32 Å². The lowest BCUT2D eigenvalue weighted by Crippen LogP contribution is -2.08. The Kier molecular flexibility index (Phi) is 5.40. The number of nitriles is 1. The maximum absolute atomic E-state index is 11.9. The molecular formula is C24H20N4O2S. The smallest absolute Gasteiger partial charge is 0.177 e. The molecule has 0 fully saturated rings. The van der Waals surface area contributed by atoms with Crippen LogP contribution in [-0.4, -0.2) is 24.6 Å². The fourth-order valence-corrected chi connectivity index (χ4v) is 4.03. The van der Waals surface area contributed by atoms with Gasteiger partial charge in [0, 0.05) is 41.8 Å². The largest absolute Gasteiger partial charge is 0.377 e. The van der Waals surface area contributed by atoms with Gasteiger partial charge in [0.2, 0.25) is 0 Å². The third-order valence-electron chi connectivity index (χ3n) is 5.12. The molecule has 2 aromatic carbocycles. The standard InChI is InChI=1S/C24H20N4O2S/c1-16(17-6-4-3-5-7-17)28-24-20(12-25)14-27-23-9-8-18(11-22(23)24)19-10-21(15-26-13-19)31(2,29)30/h3-11,13-16H,1-2H3,(H,27,28). The van der Waals surface area contributed by atoms with E-state index in [1.807, 2.05) is 55.5 Å². The van der Waals surface area contributed by atoms with Gasteiger partial charge in [-0.15, -0.1) is 0 Å². The number of hydrogen-bond acceptors (Lipinski definition) is 6. The minimum Gasteiger partial charge on any atom is -0.377 e. The van der Waals surface area contributed by atoms with Crippen molar-refractivity contribution < 1.29 is 8.42 Å². The van der Waals surface area contributed by atoms with E-state index in [4.69, 9.17) is 0 Å². The van der Waals surface area contributed by atoms with Crippen molar-refractivity contribution in [3.8, 4) is 17.2 Å². The van der Waals surface area contributed by atoms with Crippen LogP contribution in [0.2, 0.25) is 0 Å². The number of sulfone groups is 1. The van der Waals surface area contributed by atoms with Gasteiger partial charge in [-0.05, 0) is 36.2 Å². The van der Waals surface area contributed by atoms with Crippen molar-refractivity contribution in [1.29, 1.82) is 5.26 Å². The van der Waals surface area contributed by atoms with Gasteiger partial charge in [-0.1, -0.05) is 36.4 Å². The normalized spacial score (nSPS) is 12.3. The Morgan fingerprint density at radius 2 is 1.77 bits per heavy atom. The number of benzene rings is 2. The summed E-state index contributed by atoms with van der Waals surface area (Å²) in [4.78, 5) is 8.66. The van der Waals surface area contributed by atoms with Crippen LogP contribution < -0.4 is 5.32 Å².